The zero-order valence-electron chi connectivity index (χ0n) is 25.4. The maximum absolute atomic E-state index is 12.8. The van der Waals surface area contributed by atoms with E-state index in [1.165, 1.54) is 0 Å². The molecule has 1 amide bonds. The number of benzene rings is 2. The van der Waals surface area contributed by atoms with Gasteiger partial charge in [0.05, 0.1) is 25.7 Å². The number of hydrogen-bond acceptors (Lipinski definition) is 6. The number of amides is 1. The van der Waals surface area contributed by atoms with Crippen molar-refractivity contribution >= 4 is 52.0 Å². The van der Waals surface area contributed by atoms with Crippen LogP contribution in [-0.2, 0) is 27.1 Å². The molecular weight excluding hydrogens is 601 g/mol. The Morgan fingerprint density at radius 1 is 1.02 bits per heavy atom. The SMILES string of the molecule is CCOC(=O)CC(c1cc(Cl)cc(Cl)c1)n1ccc2cc(OCCc3ccc4c(n3)N(C(=O)OC(C)(C)C)CCC4)ccc21. The fraction of sp³-hybridized carbons (Fsp3) is 0.382. The number of ether oxygens (including phenoxy) is 3. The predicted molar refractivity (Wildman–Crippen MR) is 173 cm³/mol. The highest BCUT2D eigenvalue weighted by atomic mass is 35.5. The van der Waals surface area contributed by atoms with Gasteiger partial charge in [-0.2, -0.15) is 0 Å². The van der Waals surface area contributed by atoms with Crippen molar-refractivity contribution in [1.29, 1.82) is 0 Å². The quantitative estimate of drug-likeness (QED) is 0.172. The summed E-state index contributed by atoms with van der Waals surface area (Å²) < 4.78 is 19.0. The Hall–Kier alpha value is -3.75. The van der Waals surface area contributed by atoms with Crippen molar-refractivity contribution in [3.63, 3.8) is 0 Å². The lowest BCUT2D eigenvalue weighted by molar-refractivity contribution is -0.143. The van der Waals surface area contributed by atoms with Crippen molar-refractivity contribution in [2.45, 2.75) is 65.0 Å². The van der Waals surface area contributed by atoms with Crippen LogP contribution in [0.5, 0.6) is 5.75 Å². The molecule has 0 N–H and O–H groups in total. The minimum Gasteiger partial charge on any atom is -0.493 e. The Labute approximate surface area is 267 Å². The number of nitrogens with zero attached hydrogens (tertiary/aromatic N) is 3. The van der Waals surface area contributed by atoms with Gasteiger partial charge < -0.3 is 18.8 Å². The van der Waals surface area contributed by atoms with Crippen LogP contribution < -0.4 is 9.64 Å². The molecule has 0 bridgehead atoms. The fourth-order valence-electron chi connectivity index (χ4n) is 5.41. The fourth-order valence-corrected chi connectivity index (χ4v) is 5.96. The number of carbonyl (C=O) groups excluding carboxylic acids is 2. The lowest BCUT2D eigenvalue weighted by Gasteiger charge is -2.31. The molecule has 4 aromatic rings. The number of pyridine rings is 1. The molecule has 0 saturated carbocycles. The van der Waals surface area contributed by atoms with Gasteiger partial charge >= 0.3 is 12.1 Å². The number of anilines is 1. The summed E-state index contributed by atoms with van der Waals surface area (Å²) in [7, 11) is 0. The number of hydrogen-bond donors (Lipinski definition) is 0. The Morgan fingerprint density at radius 2 is 1.80 bits per heavy atom. The lowest BCUT2D eigenvalue weighted by atomic mass is 10.0. The molecular formula is C34H37Cl2N3O5. The smallest absolute Gasteiger partial charge is 0.416 e. The van der Waals surface area contributed by atoms with Gasteiger partial charge in [-0.1, -0.05) is 29.3 Å². The molecule has 1 atom stereocenters. The predicted octanol–water partition coefficient (Wildman–Crippen LogP) is 8.19. The summed E-state index contributed by atoms with van der Waals surface area (Å²) >= 11 is 12.6. The highest BCUT2D eigenvalue weighted by Crippen LogP contribution is 2.33. The largest absolute Gasteiger partial charge is 0.493 e. The van der Waals surface area contributed by atoms with Gasteiger partial charge in [0.2, 0.25) is 0 Å². The van der Waals surface area contributed by atoms with Crippen molar-refractivity contribution in [3.8, 4) is 5.75 Å². The molecule has 0 spiro atoms. The molecule has 1 unspecified atom stereocenters. The third-order valence-corrected chi connectivity index (χ3v) is 7.74. The first-order valence-electron chi connectivity index (χ1n) is 14.8. The molecule has 5 rings (SSSR count). The maximum Gasteiger partial charge on any atom is 0.416 e. The van der Waals surface area contributed by atoms with E-state index in [4.69, 9.17) is 42.4 Å². The average molecular weight is 639 g/mol. The minimum absolute atomic E-state index is 0.131. The topological polar surface area (TPSA) is 82.9 Å². The highest BCUT2D eigenvalue weighted by Gasteiger charge is 2.28. The number of carbonyl (C=O) groups is 2. The molecule has 1 aliphatic rings. The number of aromatic nitrogens is 2. The Kier molecular flexibility index (Phi) is 9.71. The molecule has 2 aromatic carbocycles. The van der Waals surface area contributed by atoms with Crippen LogP contribution in [0.1, 0.15) is 63.4 Å². The van der Waals surface area contributed by atoms with E-state index in [0.717, 1.165) is 46.3 Å². The van der Waals surface area contributed by atoms with E-state index in [9.17, 15) is 9.59 Å². The number of esters is 1. The van der Waals surface area contributed by atoms with Gasteiger partial charge in [0, 0.05) is 45.8 Å². The van der Waals surface area contributed by atoms with Crippen molar-refractivity contribution in [1.82, 2.24) is 9.55 Å². The monoisotopic (exact) mass is 637 g/mol. The first kappa shape index (κ1) is 31.7. The second-order valence-corrected chi connectivity index (χ2v) is 12.7. The van der Waals surface area contributed by atoms with E-state index >= 15 is 0 Å². The van der Waals surface area contributed by atoms with Crippen LogP contribution in [0.25, 0.3) is 10.9 Å². The third-order valence-electron chi connectivity index (χ3n) is 7.30. The van der Waals surface area contributed by atoms with Crippen LogP contribution >= 0.6 is 23.2 Å². The first-order valence-corrected chi connectivity index (χ1v) is 15.6. The molecule has 44 heavy (non-hydrogen) atoms. The molecule has 8 nitrogen and oxygen atoms in total. The van der Waals surface area contributed by atoms with Gasteiger partial charge in [-0.25, -0.2) is 9.78 Å². The molecule has 232 valence electrons. The van der Waals surface area contributed by atoms with Gasteiger partial charge in [0.25, 0.3) is 0 Å². The summed E-state index contributed by atoms with van der Waals surface area (Å²) in [5.41, 5.74) is 3.06. The third kappa shape index (κ3) is 7.66. The summed E-state index contributed by atoms with van der Waals surface area (Å²) in [5, 5.41) is 1.96. The molecule has 2 aromatic heterocycles. The van der Waals surface area contributed by atoms with E-state index in [1.807, 2.05) is 80.1 Å². The summed E-state index contributed by atoms with van der Waals surface area (Å²) in [6.45, 7) is 8.67. The number of halogens is 2. The van der Waals surface area contributed by atoms with Gasteiger partial charge in [0.15, 0.2) is 0 Å². The van der Waals surface area contributed by atoms with Gasteiger partial charge in [-0.15, -0.1) is 0 Å². The van der Waals surface area contributed by atoms with Crippen LogP contribution in [0.4, 0.5) is 10.6 Å². The molecule has 3 heterocycles. The van der Waals surface area contributed by atoms with E-state index < -0.39 is 5.60 Å². The average Bonchev–Trinajstić information content (AvgIpc) is 3.37. The summed E-state index contributed by atoms with van der Waals surface area (Å²) in [5.74, 6) is 1.08. The lowest BCUT2D eigenvalue weighted by Crippen LogP contribution is -2.40. The molecule has 10 heteroatoms. The summed E-state index contributed by atoms with van der Waals surface area (Å²) in [6.07, 6.45) is 4.03. The Morgan fingerprint density at radius 3 is 2.52 bits per heavy atom. The molecule has 0 fully saturated rings. The second kappa shape index (κ2) is 13.5. The standard InChI is InChI=1S/C34H37Cl2N3O5/c1-5-42-31(40)21-30(24-17-25(35)20-26(36)18-24)38-15-12-23-19-28(10-11-29(23)38)43-16-13-27-9-8-22-7-6-14-39(32(22)37-27)33(41)44-34(2,3)4/h8-12,15,17-20,30H,5-7,13-14,16,21H2,1-4H3. The number of rotatable bonds is 9. The van der Waals surface area contributed by atoms with E-state index in [-0.39, 0.29) is 24.5 Å². The van der Waals surface area contributed by atoms with Gasteiger partial charge in [-0.05, 0) is 100 Å². The molecule has 0 aliphatic carbocycles. The molecule has 0 saturated heterocycles. The Balaban J connectivity index is 1.30. The van der Waals surface area contributed by atoms with Crippen LogP contribution in [0.2, 0.25) is 10.0 Å². The van der Waals surface area contributed by atoms with Gasteiger partial charge in [0.1, 0.15) is 17.2 Å². The first-order chi connectivity index (χ1) is 21.0. The highest BCUT2D eigenvalue weighted by molar-refractivity contribution is 6.34. The second-order valence-electron chi connectivity index (χ2n) is 11.8. The van der Waals surface area contributed by atoms with Crippen LogP contribution in [-0.4, -0.2) is 47.0 Å². The van der Waals surface area contributed by atoms with Crippen LogP contribution in [0.3, 0.4) is 0 Å². The summed E-state index contributed by atoms with van der Waals surface area (Å²) in [4.78, 5) is 31.8. The normalized spacial score (nSPS) is 13.8. The number of fused-ring (bicyclic) bond motifs is 2. The summed E-state index contributed by atoms with van der Waals surface area (Å²) in [6, 6.07) is 16.8. The van der Waals surface area contributed by atoms with E-state index in [1.54, 1.807) is 17.9 Å². The van der Waals surface area contributed by atoms with Crippen molar-refractivity contribution in [2.24, 2.45) is 0 Å². The van der Waals surface area contributed by atoms with E-state index in [0.29, 0.717) is 42.0 Å². The maximum atomic E-state index is 12.8. The molecule has 0 radical (unpaired) electrons. The zero-order chi connectivity index (χ0) is 31.4. The number of aryl methyl sites for hydroxylation is 1. The van der Waals surface area contributed by atoms with Crippen LogP contribution in [0, 0.1) is 0 Å². The zero-order valence-corrected chi connectivity index (χ0v) is 27.0. The van der Waals surface area contributed by atoms with Crippen molar-refractivity contribution in [2.75, 3.05) is 24.7 Å². The Bertz CT molecular complexity index is 1640. The van der Waals surface area contributed by atoms with Crippen molar-refractivity contribution < 1.29 is 23.8 Å². The molecule has 1 aliphatic heterocycles. The van der Waals surface area contributed by atoms with Gasteiger partial charge in [-0.3, -0.25) is 9.69 Å². The van der Waals surface area contributed by atoms with Crippen molar-refractivity contribution in [3.05, 3.63) is 87.7 Å². The minimum atomic E-state index is -0.576. The van der Waals surface area contributed by atoms with Crippen LogP contribution in [0.15, 0.2) is 60.8 Å². The van der Waals surface area contributed by atoms with E-state index in [2.05, 4.69) is 0 Å².